The Hall–Kier alpha value is -3.93. The molecular formula is C24H19FN2O3. The molecule has 0 fully saturated rings. The molecule has 1 heterocycles. The highest BCUT2D eigenvalue weighted by Crippen LogP contribution is 2.31. The number of pyridine rings is 1. The predicted molar refractivity (Wildman–Crippen MR) is 115 cm³/mol. The van der Waals surface area contributed by atoms with Crippen molar-refractivity contribution in [3.63, 3.8) is 0 Å². The lowest BCUT2D eigenvalue weighted by Gasteiger charge is -2.13. The molecule has 5 nitrogen and oxygen atoms in total. The van der Waals surface area contributed by atoms with Crippen LogP contribution >= 0.6 is 0 Å². The average molecular weight is 402 g/mol. The topological polar surface area (TPSA) is 60.5 Å². The molecule has 0 aliphatic heterocycles. The SMILES string of the molecule is COc1ccc(NC(=O)c2cc(-c3ccc(F)cc3)nc3ccccc23)cc1OC. The van der Waals surface area contributed by atoms with Crippen molar-refractivity contribution in [1.82, 2.24) is 4.98 Å². The van der Waals surface area contributed by atoms with Crippen molar-refractivity contribution in [2.24, 2.45) is 0 Å². The maximum Gasteiger partial charge on any atom is 0.256 e. The first kappa shape index (κ1) is 19.4. The number of carbonyl (C=O) groups is 1. The van der Waals surface area contributed by atoms with Crippen LogP contribution in [0.4, 0.5) is 10.1 Å². The number of aromatic nitrogens is 1. The molecule has 1 aromatic heterocycles. The summed E-state index contributed by atoms with van der Waals surface area (Å²) in [6.07, 6.45) is 0. The number of para-hydroxylation sites is 1. The molecule has 0 saturated carbocycles. The van der Waals surface area contributed by atoms with Crippen LogP contribution in [0.1, 0.15) is 10.4 Å². The number of nitrogens with zero attached hydrogens (tertiary/aromatic N) is 1. The van der Waals surface area contributed by atoms with Gasteiger partial charge in [0.2, 0.25) is 0 Å². The number of fused-ring (bicyclic) bond motifs is 1. The molecule has 3 aromatic carbocycles. The molecule has 0 unspecified atom stereocenters. The fourth-order valence-corrected chi connectivity index (χ4v) is 3.24. The van der Waals surface area contributed by atoms with Crippen LogP contribution in [-0.2, 0) is 0 Å². The van der Waals surface area contributed by atoms with Crippen LogP contribution in [0, 0.1) is 5.82 Å². The number of halogens is 1. The normalized spacial score (nSPS) is 10.6. The second-order valence-electron chi connectivity index (χ2n) is 6.60. The lowest BCUT2D eigenvalue weighted by Crippen LogP contribution is -2.13. The van der Waals surface area contributed by atoms with Crippen LogP contribution in [0.15, 0.2) is 72.8 Å². The van der Waals surface area contributed by atoms with Crippen molar-refractivity contribution >= 4 is 22.5 Å². The third-order valence-corrected chi connectivity index (χ3v) is 4.74. The maximum atomic E-state index is 13.3. The molecule has 4 aromatic rings. The van der Waals surface area contributed by atoms with Gasteiger partial charge in [-0.15, -0.1) is 0 Å². The summed E-state index contributed by atoms with van der Waals surface area (Å²) in [5.41, 5.74) is 3.03. The summed E-state index contributed by atoms with van der Waals surface area (Å²) in [6, 6.07) is 20.3. The molecule has 0 aliphatic carbocycles. The molecule has 0 saturated heterocycles. The van der Waals surface area contributed by atoms with Gasteiger partial charge in [0.15, 0.2) is 11.5 Å². The van der Waals surface area contributed by atoms with Crippen LogP contribution in [0.5, 0.6) is 11.5 Å². The highest BCUT2D eigenvalue weighted by Gasteiger charge is 2.15. The minimum atomic E-state index is -0.328. The van der Waals surface area contributed by atoms with Gasteiger partial charge in [-0.05, 0) is 48.5 Å². The lowest BCUT2D eigenvalue weighted by atomic mass is 10.0. The van der Waals surface area contributed by atoms with E-state index in [2.05, 4.69) is 10.3 Å². The van der Waals surface area contributed by atoms with Gasteiger partial charge in [0, 0.05) is 22.7 Å². The van der Waals surface area contributed by atoms with Crippen molar-refractivity contribution in [2.45, 2.75) is 0 Å². The fraction of sp³-hybridized carbons (Fsp3) is 0.0833. The summed E-state index contributed by atoms with van der Waals surface area (Å²) >= 11 is 0. The zero-order valence-corrected chi connectivity index (χ0v) is 16.5. The number of nitrogens with one attached hydrogen (secondary N) is 1. The Morgan fingerprint density at radius 2 is 1.63 bits per heavy atom. The van der Waals surface area contributed by atoms with E-state index in [0.717, 1.165) is 10.9 Å². The molecule has 0 bridgehead atoms. The molecule has 0 atom stereocenters. The van der Waals surface area contributed by atoms with E-state index in [-0.39, 0.29) is 11.7 Å². The molecular weight excluding hydrogens is 383 g/mol. The van der Waals surface area contributed by atoms with Gasteiger partial charge in [-0.3, -0.25) is 4.79 Å². The molecule has 150 valence electrons. The minimum absolute atomic E-state index is 0.288. The van der Waals surface area contributed by atoms with E-state index in [1.165, 1.54) is 19.2 Å². The Morgan fingerprint density at radius 3 is 2.37 bits per heavy atom. The van der Waals surface area contributed by atoms with Gasteiger partial charge in [0.05, 0.1) is 31.0 Å². The quantitative estimate of drug-likeness (QED) is 0.491. The van der Waals surface area contributed by atoms with E-state index in [9.17, 15) is 9.18 Å². The van der Waals surface area contributed by atoms with Crippen LogP contribution < -0.4 is 14.8 Å². The van der Waals surface area contributed by atoms with E-state index >= 15 is 0 Å². The molecule has 30 heavy (non-hydrogen) atoms. The highest BCUT2D eigenvalue weighted by atomic mass is 19.1. The van der Waals surface area contributed by atoms with E-state index in [0.29, 0.717) is 34.0 Å². The van der Waals surface area contributed by atoms with Crippen LogP contribution in [-0.4, -0.2) is 25.1 Å². The maximum absolute atomic E-state index is 13.3. The van der Waals surface area contributed by atoms with Crippen molar-refractivity contribution in [2.75, 3.05) is 19.5 Å². The summed E-state index contributed by atoms with van der Waals surface area (Å²) in [4.78, 5) is 17.8. The fourth-order valence-electron chi connectivity index (χ4n) is 3.24. The van der Waals surface area contributed by atoms with Gasteiger partial charge in [-0.1, -0.05) is 18.2 Å². The largest absolute Gasteiger partial charge is 0.493 e. The van der Waals surface area contributed by atoms with Gasteiger partial charge in [0.1, 0.15) is 5.82 Å². The lowest BCUT2D eigenvalue weighted by molar-refractivity contribution is 0.102. The van der Waals surface area contributed by atoms with Crippen LogP contribution in [0.2, 0.25) is 0 Å². The van der Waals surface area contributed by atoms with Gasteiger partial charge < -0.3 is 14.8 Å². The summed E-state index contributed by atoms with van der Waals surface area (Å²) < 4.78 is 23.9. The number of hydrogen-bond acceptors (Lipinski definition) is 4. The first-order chi connectivity index (χ1) is 14.6. The van der Waals surface area contributed by atoms with Crippen molar-refractivity contribution in [1.29, 1.82) is 0 Å². The molecule has 1 N–H and O–H groups in total. The first-order valence-corrected chi connectivity index (χ1v) is 9.28. The zero-order valence-electron chi connectivity index (χ0n) is 16.5. The Balaban J connectivity index is 1.75. The average Bonchev–Trinajstić information content (AvgIpc) is 2.78. The van der Waals surface area contributed by atoms with E-state index < -0.39 is 0 Å². The second-order valence-corrected chi connectivity index (χ2v) is 6.60. The molecule has 0 aliphatic rings. The van der Waals surface area contributed by atoms with Crippen molar-refractivity contribution in [3.8, 4) is 22.8 Å². The molecule has 6 heteroatoms. The number of ether oxygens (including phenoxy) is 2. The number of carbonyl (C=O) groups excluding carboxylic acids is 1. The van der Waals surface area contributed by atoms with Gasteiger partial charge in [0.25, 0.3) is 5.91 Å². The number of methoxy groups -OCH3 is 2. The first-order valence-electron chi connectivity index (χ1n) is 9.28. The Morgan fingerprint density at radius 1 is 0.900 bits per heavy atom. The van der Waals surface area contributed by atoms with Crippen molar-refractivity contribution < 1.29 is 18.7 Å². The predicted octanol–water partition coefficient (Wildman–Crippen LogP) is 5.31. The molecule has 4 rings (SSSR count). The number of amides is 1. The zero-order chi connectivity index (χ0) is 21.1. The number of rotatable bonds is 5. The van der Waals surface area contributed by atoms with E-state index in [1.807, 2.05) is 24.3 Å². The number of anilines is 1. The Labute approximate surface area is 173 Å². The molecule has 0 spiro atoms. The van der Waals surface area contributed by atoms with Gasteiger partial charge in [-0.2, -0.15) is 0 Å². The smallest absolute Gasteiger partial charge is 0.256 e. The summed E-state index contributed by atoms with van der Waals surface area (Å²) in [5.74, 6) is 0.473. The summed E-state index contributed by atoms with van der Waals surface area (Å²) in [6.45, 7) is 0. The number of hydrogen-bond donors (Lipinski definition) is 1. The Kier molecular flexibility index (Phi) is 5.30. The summed E-state index contributed by atoms with van der Waals surface area (Å²) in [5, 5.41) is 3.63. The third kappa shape index (κ3) is 3.80. The van der Waals surface area contributed by atoms with Gasteiger partial charge in [-0.25, -0.2) is 9.37 Å². The molecule has 0 radical (unpaired) electrons. The standard InChI is InChI=1S/C24H19FN2O3/c1-29-22-12-11-17(13-23(22)30-2)26-24(28)19-14-21(15-7-9-16(25)10-8-15)27-20-6-4-3-5-18(19)20/h3-14H,1-2H3,(H,26,28). The van der Waals surface area contributed by atoms with Crippen LogP contribution in [0.3, 0.4) is 0 Å². The highest BCUT2D eigenvalue weighted by molar-refractivity contribution is 6.13. The van der Waals surface area contributed by atoms with Gasteiger partial charge >= 0.3 is 0 Å². The second kappa shape index (κ2) is 8.21. The Bertz CT molecular complexity index is 1220. The number of benzene rings is 3. The monoisotopic (exact) mass is 402 g/mol. The van der Waals surface area contributed by atoms with Crippen molar-refractivity contribution in [3.05, 3.63) is 84.2 Å². The third-order valence-electron chi connectivity index (χ3n) is 4.74. The molecule has 1 amide bonds. The van der Waals surface area contributed by atoms with Crippen LogP contribution in [0.25, 0.3) is 22.2 Å². The van der Waals surface area contributed by atoms with E-state index in [4.69, 9.17) is 9.47 Å². The van der Waals surface area contributed by atoms with E-state index in [1.54, 1.807) is 43.5 Å². The minimum Gasteiger partial charge on any atom is -0.493 e. The summed E-state index contributed by atoms with van der Waals surface area (Å²) in [7, 11) is 3.09.